The third-order valence-corrected chi connectivity index (χ3v) is 2.29. The Hall–Kier alpha value is -2.97. The van der Waals surface area contributed by atoms with Crippen LogP contribution in [0.2, 0.25) is 0 Å². The number of benzene rings is 1. The van der Waals surface area contributed by atoms with Gasteiger partial charge in [-0.2, -0.15) is 0 Å². The number of hydrogen-bond acceptors (Lipinski definition) is 7. The maximum atomic E-state index is 13.0. The van der Waals surface area contributed by atoms with Crippen LogP contribution in [0.3, 0.4) is 0 Å². The summed E-state index contributed by atoms with van der Waals surface area (Å²) in [5.74, 6) is -1.65. The van der Waals surface area contributed by atoms with Gasteiger partial charge in [0.05, 0.1) is 4.92 Å². The summed E-state index contributed by atoms with van der Waals surface area (Å²) in [7, 11) is 0. The lowest BCUT2D eigenvalue weighted by Crippen LogP contribution is -2.18. The van der Waals surface area contributed by atoms with Crippen molar-refractivity contribution in [1.82, 2.24) is 5.16 Å². The molecule has 0 saturated heterocycles. The third-order valence-electron chi connectivity index (χ3n) is 2.29. The van der Waals surface area contributed by atoms with E-state index in [2.05, 4.69) is 5.16 Å². The van der Waals surface area contributed by atoms with Gasteiger partial charge >= 0.3 is 11.7 Å². The summed E-state index contributed by atoms with van der Waals surface area (Å²) in [5.41, 5.74) is -0.526. The van der Waals surface area contributed by atoms with Crippen molar-refractivity contribution in [3.8, 4) is 11.6 Å². The van der Waals surface area contributed by atoms with Crippen molar-refractivity contribution in [2.45, 2.75) is 6.92 Å². The van der Waals surface area contributed by atoms with Crippen LogP contribution in [-0.4, -0.2) is 22.7 Å². The van der Waals surface area contributed by atoms with Crippen LogP contribution >= 0.6 is 0 Å². The second kappa shape index (κ2) is 5.99. The highest BCUT2D eigenvalue weighted by Gasteiger charge is 2.19. The summed E-state index contributed by atoms with van der Waals surface area (Å²) in [4.78, 5) is 21.5. The number of halogens is 1. The van der Waals surface area contributed by atoms with E-state index in [-0.39, 0.29) is 5.88 Å². The lowest BCUT2D eigenvalue weighted by Gasteiger charge is -2.05. The van der Waals surface area contributed by atoms with E-state index in [1.165, 1.54) is 6.07 Å². The lowest BCUT2D eigenvalue weighted by atomic mass is 10.3. The van der Waals surface area contributed by atoms with Crippen molar-refractivity contribution in [2.75, 3.05) is 6.61 Å². The van der Waals surface area contributed by atoms with Gasteiger partial charge in [-0.05, 0) is 18.1 Å². The van der Waals surface area contributed by atoms with E-state index in [9.17, 15) is 19.3 Å². The SMILES string of the molecule is Cc1cc(OCC(=O)Oc2cc(F)ccc2[N+](=O)[O-])no1. The van der Waals surface area contributed by atoms with Gasteiger partial charge in [-0.3, -0.25) is 10.1 Å². The molecule has 110 valence electrons. The zero-order valence-electron chi connectivity index (χ0n) is 10.7. The largest absolute Gasteiger partial charge is 0.463 e. The molecule has 0 fully saturated rings. The zero-order valence-corrected chi connectivity index (χ0v) is 10.7. The minimum atomic E-state index is -0.940. The lowest BCUT2D eigenvalue weighted by molar-refractivity contribution is -0.385. The van der Waals surface area contributed by atoms with Gasteiger partial charge in [0.1, 0.15) is 11.6 Å². The Kier molecular flexibility index (Phi) is 4.12. The van der Waals surface area contributed by atoms with Crippen LogP contribution in [0.25, 0.3) is 0 Å². The average Bonchev–Trinajstić information content (AvgIpc) is 2.82. The summed E-state index contributed by atoms with van der Waals surface area (Å²) >= 11 is 0. The van der Waals surface area contributed by atoms with Crippen molar-refractivity contribution in [3.63, 3.8) is 0 Å². The molecule has 1 aromatic heterocycles. The molecule has 0 aliphatic heterocycles. The number of nitrogens with zero attached hydrogens (tertiary/aromatic N) is 2. The molecule has 1 aromatic carbocycles. The van der Waals surface area contributed by atoms with E-state index in [0.29, 0.717) is 5.76 Å². The van der Waals surface area contributed by atoms with Crippen LogP contribution in [-0.2, 0) is 4.79 Å². The van der Waals surface area contributed by atoms with Gasteiger partial charge in [-0.25, -0.2) is 9.18 Å². The molecule has 0 bridgehead atoms. The monoisotopic (exact) mass is 296 g/mol. The molecule has 0 unspecified atom stereocenters. The Morgan fingerprint density at radius 2 is 2.24 bits per heavy atom. The van der Waals surface area contributed by atoms with E-state index in [1.807, 2.05) is 0 Å². The van der Waals surface area contributed by atoms with Gasteiger partial charge in [0.25, 0.3) is 5.88 Å². The number of esters is 1. The average molecular weight is 296 g/mol. The first-order valence-electron chi connectivity index (χ1n) is 5.66. The molecule has 0 saturated carbocycles. The Morgan fingerprint density at radius 1 is 1.48 bits per heavy atom. The number of carbonyl (C=O) groups is 1. The highest BCUT2D eigenvalue weighted by Crippen LogP contribution is 2.27. The molecule has 0 spiro atoms. The van der Waals surface area contributed by atoms with Crippen LogP contribution < -0.4 is 9.47 Å². The highest BCUT2D eigenvalue weighted by atomic mass is 19.1. The number of ether oxygens (including phenoxy) is 2. The van der Waals surface area contributed by atoms with E-state index in [4.69, 9.17) is 14.0 Å². The second-order valence-corrected chi connectivity index (χ2v) is 3.91. The van der Waals surface area contributed by atoms with Gasteiger partial charge < -0.3 is 14.0 Å². The molecule has 0 aliphatic carbocycles. The Morgan fingerprint density at radius 3 is 2.86 bits per heavy atom. The maximum absolute atomic E-state index is 13.0. The molecule has 9 heteroatoms. The van der Waals surface area contributed by atoms with E-state index in [1.54, 1.807) is 6.92 Å². The predicted molar refractivity (Wildman–Crippen MR) is 65.4 cm³/mol. The first-order chi connectivity index (χ1) is 9.95. The van der Waals surface area contributed by atoms with E-state index < -0.39 is 34.8 Å². The summed E-state index contributed by atoms with van der Waals surface area (Å²) in [6.45, 7) is 1.08. The minimum Gasteiger partial charge on any atom is -0.463 e. The van der Waals surface area contributed by atoms with Crippen LogP contribution in [0.1, 0.15) is 5.76 Å². The number of hydrogen-bond donors (Lipinski definition) is 0. The molecular weight excluding hydrogens is 287 g/mol. The fourth-order valence-corrected chi connectivity index (χ4v) is 1.42. The van der Waals surface area contributed by atoms with Gasteiger partial charge in [0.2, 0.25) is 5.75 Å². The molecule has 2 rings (SSSR count). The number of nitro benzene ring substituents is 1. The molecule has 0 amide bonds. The molecule has 0 radical (unpaired) electrons. The third kappa shape index (κ3) is 3.75. The molecule has 8 nitrogen and oxygen atoms in total. The topological polar surface area (TPSA) is 105 Å². The van der Waals surface area contributed by atoms with Crippen molar-refractivity contribution < 1.29 is 28.1 Å². The van der Waals surface area contributed by atoms with Crippen LogP contribution in [0.4, 0.5) is 10.1 Å². The number of rotatable bonds is 5. The van der Waals surface area contributed by atoms with Crippen molar-refractivity contribution in [1.29, 1.82) is 0 Å². The molecule has 0 aliphatic rings. The van der Waals surface area contributed by atoms with Crippen LogP contribution in [0.15, 0.2) is 28.8 Å². The summed E-state index contributed by atoms with van der Waals surface area (Å²) < 4.78 is 27.4. The number of aromatic nitrogens is 1. The Bertz CT molecular complexity index is 684. The Balaban J connectivity index is 2.02. The molecule has 0 N–H and O–H groups in total. The van der Waals surface area contributed by atoms with Gasteiger partial charge in [0, 0.05) is 18.2 Å². The molecule has 21 heavy (non-hydrogen) atoms. The summed E-state index contributed by atoms with van der Waals surface area (Å²) in [6.07, 6.45) is 0. The number of aryl methyl sites for hydroxylation is 1. The number of carbonyl (C=O) groups excluding carboxylic acids is 1. The second-order valence-electron chi connectivity index (χ2n) is 3.91. The van der Waals surface area contributed by atoms with Crippen LogP contribution in [0, 0.1) is 22.9 Å². The zero-order chi connectivity index (χ0) is 15.4. The maximum Gasteiger partial charge on any atom is 0.349 e. The normalized spacial score (nSPS) is 10.2. The quantitative estimate of drug-likeness (QED) is 0.359. The Labute approximate surface area is 117 Å². The van der Waals surface area contributed by atoms with Crippen molar-refractivity contribution in [3.05, 3.63) is 46.0 Å². The predicted octanol–water partition coefficient (Wildman–Crippen LogP) is 2.01. The molecule has 0 atom stereocenters. The summed E-state index contributed by atoms with van der Waals surface area (Å²) in [6, 6.07) is 3.98. The van der Waals surface area contributed by atoms with Crippen molar-refractivity contribution in [2.24, 2.45) is 0 Å². The van der Waals surface area contributed by atoms with E-state index >= 15 is 0 Å². The molecular formula is C12H9FN2O6. The van der Waals surface area contributed by atoms with Crippen LogP contribution in [0.5, 0.6) is 11.6 Å². The van der Waals surface area contributed by atoms with Gasteiger partial charge in [-0.1, -0.05) is 0 Å². The fourth-order valence-electron chi connectivity index (χ4n) is 1.42. The first-order valence-corrected chi connectivity index (χ1v) is 5.66. The standard InChI is InChI=1S/C12H9FN2O6/c1-7-4-11(14-21-7)19-6-12(16)20-10-5-8(13)2-3-9(10)15(17)18/h2-5H,6H2,1H3. The van der Waals surface area contributed by atoms with Gasteiger partial charge in [-0.15, -0.1) is 0 Å². The fraction of sp³-hybridized carbons (Fsp3) is 0.167. The molecule has 1 heterocycles. The van der Waals surface area contributed by atoms with Gasteiger partial charge in [0.15, 0.2) is 6.61 Å². The smallest absolute Gasteiger partial charge is 0.349 e. The number of nitro groups is 1. The summed E-state index contributed by atoms with van der Waals surface area (Å²) in [5, 5.41) is 14.2. The highest BCUT2D eigenvalue weighted by molar-refractivity contribution is 5.75. The first kappa shape index (κ1) is 14.4. The van der Waals surface area contributed by atoms with E-state index in [0.717, 1.165) is 18.2 Å². The minimum absolute atomic E-state index is 0.0678. The molecule has 2 aromatic rings. The van der Waals surface area contributed by atoms with Crippen molar-refractivity contribution >= 4 is 11.7 Å².